The van der Waals surface area contributed by atoms with Crippen LogP contribution >= 0.6 is 22.6 Å². The fourth-order valence-electron chi connectivity index (χ4n) is 6.17. The fraction of sp³-hybridized carbons (Fsp3) is 0.0571. The smallest absolute Gasteiger partial charge is 0.177 e. The zero-order valence-corrected chi connectivity index (χ0v) is 23.4. The van der Waals surface area contributed by atoms with Crippen LogP contribution in [-0.4, -0.2) is 11.9 Å². The Morgan fingerprint density at radius 1 is 0.641 bits per heavy atom. The highest BCUT2D eigenvalue weighted by Gasteiger charge is 2.27. The Hall–Kier alpha value is -4.16. The van der Waals surface area contributed by atoms with E-state index < -0.39 is 0 Å². The number of benzene rings is 6. The highest BCUT2D eigenvalue weighted by Crippen LogP contribution is 2.38. The average Bonchev–Trinajstić information content (AvgIpc) is 3.36. The third kappa shape index (κ3) is 3.37. The highest BCUT2D eigenvalue weighted by atomic mass is 127. The lowest BCUT2D eigenvalue weighted by molar-refractivity contribution is 0.340. The van der Waals surface area contributed by atoms with Gasteiger partial charge in [0.2, 0.25) is 0 Å². The minimum absolute atomic E-state index is 0.194. The van der Waals surface area contributed by atoms with Gasteiger partial charge in [0.05, 0.1) is 9.27 Å². The minimum atomic E-state index is -0.194. The average molecular weight is 614 g/mol. The van der Waals surface area contributed by atoms with Crippen molar-refractivity contribution in [1.29, 1.82) is 0 Å². The van der Waals surface area contributed by atoms with Gasteiger partial charge in [-0.15, -0.1) is 0 Å². The first-order valence-electron chi connectivity index (χ1n) is 13.1. The van der Waals surface area contributed by atoms with Crippen LogP contribution in [0.1, 0.15) is 17.3 Å². The third-order valence-electron chi connectivity index (χ3n) is 7.94. The Morgan fingerprint density at radius 2 is 1.23 bits per heavy atom. The summed E-state index contributed by atoms with van der Waals surface area (Å²) in [4.78, 5) is 7.62. The van der Waals surface area contributed by atoms with Crippen LogP contribution < -0.4 is 10.8 Å². The molecule has 0 saturated heterocycles. The van der Waals surface area contributed by atoms with Crippen molar-refractivity contribution < 1.29 is 4.42 Å². The molecular weight excluding hydrogens is 591 g/mol. The van der Waals surface area contributed by atoms with Gasteiger partial charge in [-0.05, 0) is 78.7 Å². The van der Waals surface area contributed by atoms with Gasteiger partial charge in [-0.1, -0.05) is 97.1 Å². The van der Waals surface area contributed by atoms with Crippen LogP contribution in [0.5, 0.6) is 0 Å². The second-order valence-corrected chi connectivity index (χ2v) is 11.3. The zero-order valence-electron chi connectivity index (χ0n) is 21.2. The van der Waals surface area contributed by atoms with E-state index in [9.17, 15) is 0 Å². The number of hydrogen-bond donors (Lipinski definition) is 0. The van der Waals surface area contributed by atoms with E-state index in [4.69, 9.17) is 9.41 Å². The quantitative estimate of drug-likeness (QED) is 0.146. The van der Waals surface area contributed by atoms with Crippen molar-refractivity contribution in [3.63, 3.8) is 0 Å². The second-order valence-electron chi connectivity index (χ2n) is 10.1. The van der Waals surface area contributed by atoms with Gasteiger partial charge in [-0.3, -0.25) is 4.99 Å². The van der Waals surface area contributed by atoms with Crippen LogP contribution in [0.25, 0.3) is 49.0 Å². The summed E-state index contributed by atoms with van der Waals surface area (Å²) in [6.07, 6.45) is -0.194. The van der Waals surface area contributed by atoms with Crippen LogP contribution in [0.2, 0.25) is 0 Å². The van der Waals surface area contributed by atoms with Gasteiger partial charge in [-0.25, -0.2) is 0 Å². The van der Waals surface area contributed by atoms with Crippen LogP contribution in [0.3, 0.4) is 0 Å². The maximum absolute atomic E-state index is 6.54. The number of halogens is 1. The predicted octanol–water partition coefficient (Wildman–Crippen LogP) is 7.92. The maximum atomic E-state index is 6.54. The van der Waals surface area contributed by atoms with Crippen molar-refractivity contribution in [1.82, 2.24) is 4.90 Å². The molecule has 0 spiro atoms. The molecule has 0 N–H and O–H groups in total. The van der Waals surface area contributed by atoms with Crippen LogP contribution in [0, 0.1) is 3.57 Å². The van der Waals surface area contributed by atoms with E-state index in [0.717, 1.165) is 42.1 Å². The number of hydrogen-bond acceptors (Lipinski definition) is 3. The van der Waals surface area contributed by atoms with Crippen molar-refractivity contribution in [3.05, 3.63) is 141 Å². The summed E-state index contributed by atoms with van der Waals surface area (Å²) in [5, 5.41) is 9.61. The minimum Gasteiger partial charge on any atom is -0.451 e. The molecule has 0 saturated carbocycles. The summed E-state index contributed by atoms with van der Waals surface area (Å²) in [7, 11) is 2.13. The Balaban J connectivity index is 1.44. The molecule has 0 aliphatic carbocycles. The van der Waals surface area contributed by atoms with Crippen LogP contribution in [0.15, 0.2) is 125 Å². The second kappa shape index (κ2) is 8.68. The van der Waals surface area contributed by atoms with E-state index in [1.165, 1.54) is 32.3 Å². The summed E-state index contributed by atoms with van der Waals surface area (Å²) >= 11 is 2.35. The molecule has 6 aromatic carbocycles. The standard InChI is InChI=1S/C35H23IN2O/c1-38-32(21-10-3-2-4-11-21)34-31(28-16-9-17-30(36)33(28)39-34)37-35(38)22-18-19-27-25-14-6-5-12-23(25)24-13-7-8-15-26(24)29(27)20-22/h2-20,35H,1H3. The summed E-state index contributed by atoms with van der Waals surface area (Å²) in [6, 6.07) is 41.1. The molecule has 4 heteroatoms. The van der Waals surface area contributed by atoms with E-state index in [1.54, 1.807) is 0 Å². The zero-order chi connectivity index (χ0) is 26.1. The van der Waals surface area contributed by atoms with Crippen molar-refractivity contribution >= 4 is 71.6 Å². The Bertz CT molecular complexity index is 2180. The largest absolute Gasteiger partial charge is 0.451 e. The molecule has 1 unspecified atom stereocenters. The number of fused-ring (bicyclic) bond motifs is 9. The van der Waals surface area contributed by atoms with E-state index in [2.05, 4.69) is 150 Å². The van der Waals surface area contributed by atoms with Crippen molar-refractivity contribution in [2.24, 2.45) is 4.99 Å². The van der Waals surface area contributed by atoms with Crippen LogP contribution in [0.4, 0.5) is 0 Å². The SMILES string of the molecule is CN1C(c2ccccc2)=c2oc3c(I)cccc3c2=NC1c1ccc2c3ccccc3c3ccccc3c2c1. The van der Waals surface area contributed by atoms with Gasteiger partial charge in [0.1, 0.15) is 17.1 Å². The fourth-order valence-corrected chi connectivity index (χ4v) is 6.77. The predicted molar refractivity (Wildman–Crippen MR) is 168 cm³/mol. The van der Waals surface area contributed by atoms with Crippen molar-refractivity contribution in [2.45, 2.75) is 6.17 Å². The van der Waals surface area contributed by atoms with Crippen molar-refractivity contribution in [3.8, 4) is 0 Å². The van der Waals surface area contributed by atoms with E-state index in [1.807, 2.05) is 0 Å². The van der Waals surface area contributed by atoms with E-state index >= 15 is 0 Å². The lowest BCUT2D eigenvalue weighted by atomic mass is 9.92. The first kappa shape index (κ1) is 22.8. The first-order valence-corrected chi connectivity index (χ1v) is 14.2. The molecule has 0 fully saturated rings. The molecule has 1 aromatic heterocycles. The molecule has 1 atom stereocenters. The van der Waals surface area contributed by atoms with Gasteiger partial charge in [0.25, 0.3) is 0 Å². The lowest BCUT2D eigenvalue weighted by Crippen LogP contribution is -2.39. The number of furan rings is 1. The molecule has 8 rings (SSSR count). The molecule has 7 aromatic rings. The van der Waals surface area contributed by atoms with Crippen LogP contribution in [-0.2, 0) is 0 Å². The maximum Gasteiger partial charge on any atom is 0.177 e. The molecule has 1 aliphatic rings. The number of nitrogens with zero attached hydrogens (tertiary/aromatic N) is 2. The topological polar surface area (TPSA) is 28.7 Å². The number of para-hydroxylation sites is 1. The Labute approximate surface area is 238 Å². The highest BCUT2D eigenvalue weighted by molar-refractivity contribution is 14.1. The molecule has 0 bridgehead atoms. The Kier molecular flexibility index (Phi) is 5.07. The normalized spacial score (nSPS) is 15.3. The lowest BCUT2D eigenvalue weighted by Gasteiger charge is -2.31. The monoisotopic (exact) mass is 614 g/mol. The van der Waals surface area contributed by atoms with Gasteiger partial charge < -0.3 is 9.32 Å². The summed E-state index contributed by atoms with van der Waals surface area (Å²) in [6.45, 7) is 0. The van der Waals surface area contributed by atoms with Gasteiger partial charge >= 0.3 is 0 Å². The van der Waals surface area contributed by atoms with Gasteiger partial charge in [-0.2, -0.15) is 0 Å². The summed E-state index contributed by atoms with van der Waals surface area (Å²) in [5.74, 6) is 0. The summed E-state index contributed by atoms with van der Waals surface area (Å²) in [5.41, 5.74) is 5.06. The van der Waals surface area contributed by atoms with E-state index in [0.29, 0.717) is 0 Å². The van der Waals surface area contributed by atoms with Gasteiger partial charge in [0, 0.05) is 18.0 Å². The molecule has 2 heterocycles. The third-order valence-corrected chi connectivity index (χ3v) is 8.79. The Morgan fingerprint density at radius 3 is 1.92 bits per heavy atom. The number of rotatable bonds is 2. The first-order chi connectivity index (χ1) is 19.2. The molecule has 0 radical (unpaired) electrons. The molecule has 39 heavy (non-hydrogen) atoms. The molecule has 3 nitrogen and oxygen atoms in total. The molecule has 0 amide bonds. The summed E-state index contributed by atoms with van der Waals surface area (Å²) < 4.78 is 7.63. The van der Waals surface area contributed by atoms with E-state index in [-0.39, 0.29) is 6.17 Å². The molecule has 1 aliphatic heterocycles. The van der Waals surface area contributed by atoms with Crippen molar-refractivity contribution in [2.75, 3.05) is 7.05 Å². The molecular formula is C35H23IN2O. The van der Waals surface area contributed by atoms with Gasteiger partial charge in [0.15, 0.2) is 5.42 Å². The molecule has 186 valence electrons.